The molecule has 1 heterocycles. The molecule has 0 amide bonds. The second kappa shape index (κ2) is 6.75. The van der Waals surface area contributed by atoms with E-state index < -0.39 is 0 Å². The number of hydrogen-bond donors (Lipinski definition) is 2. The van der Waals surface area contributed by atoms with Crippen LogP contribution in [0.5, 0.6) is 0 Å². The molecule has 1 atom stereocenters. The monoisotopic (exact) mass is 213 g/mol. The molecule has 1 rings (SSSR count). The SMILES string of the molecule is CNC(CCO)CSc1cnccn1. The van der Waals surface area contributed by atoms with Gasteiger partial charge < -0.3 is 10.4 Å². The fourth-order valence-corrected chi connectivity index (χ4v) is 1.99. The van der Waals surface area contributed by atoms with Crippen molar-refractivity contribution in [3.05, 3.63) is 18.6 Å². The van der Waals surface area contributed by atoms with Crippen LogP contribution in [0.2, 0.25) is 0 Å². The van der Waals surface area contributed by atoms with Gasteiger partial charge in [0.1, 0.15) is 5.03 Å². The van der Waals surface area contributed by atoms with E-state index in [9.17, 15) is 0 Å². The zero-order valence-electron chi connectivity index (χ0n) is 8.18. The van der Waals surface area contributed by atoms with Crippen molar-refractivity contribution in [2.45, 2.75) is 17.5 Å². The molecule has 0 saturated heterocycles. The molecule has 4 nitrogen and oxygen atoms in total. The third-order valence-electron chi connectivity index (χ3n) is 1.86. The predicted molar refractivity (Wildman–Crippen MR) is 57.3 cm³/mol. The summed E-state index contributed by atoms with van der Waals surface area (Å²) in [6, 6.07) is 0.326. The molecule has 0 aliphatic rings. The Morgan fingerprint density at radius 1 is 1.57 bits per heavy atom. The van der Waals surface area contributed by atoms with E-state index in [4.69, 9.17) is 5.11 Å². The molecule has 0 aromatic carbocycles. The molecule has 1 aromatic heterocycles. The Hall–Kier alpha value is -0.650. The van der Waals surface area contributed by atoms with Crippen molar-refractivity contribution in [1.82, 2.24) is 15.3 Å². The Bertz CT molecular complexity index is 245. The lowest BCUT2D eigenvalue weighted by molar-refractivity contribution is 0.273. The Balaban J connectivity index is 2.32. The summed E-state index contributed by atoms with van der Waals surface area (Å²) in [7, 11) is 1.90. The van der Waals surface area contributed by atoms with E-state index >= 15 is 0 Å². The molecule has 1 unspecified atom stereocenters. The highest BCUT2D eigenvalue weighted by Gasteiger charge is 2.06. The molecule has 78 valence electrons. The molecule has 0 bridgehead atoms. The lowest BCUT2D eigenvalue weighted by Gasteiger charge is -2.13. The minimum Gasteiger partial charge on any atom is -0.396 e. The maximum atomic E-state index is 8.79. The Kier molecular flexibility index (Phi) is 5.51. The Labute approximate surface area is 88.2 Å². The third kappa shape index (κ3) is 4.04. The van der Waals surface area contributed by atoms with Crippen LogP contribution in [0.1, 0.15) is 6.42 Å². The van der Waals surface area contributed by atoms with E-state index in [2.05, 4.69) is 15.3 Å². The third-order valence-corrected chi connectivity index (χ3v) is 2.93. The van der Waals surface area contributed by atoms with Crippen molar-refractivity contribution in [2.24, 2.45) is 0 Å². The topological polar surface area (TPSA) is 58.0 Å². The first-order chi connectivity index (χ1) is 6.86. The lowest BCUT2D eigenvalue weighted by atomic mass is 10.2. The highest BCUT2D eigenvalue weighted by molar-refractivity contribution is 7.99. The fraction of sp³-hybridized carbons (Fsp3) is 0.556. The second-order valence-electron chi connectivity index (χ2n) is 2.85. The van der Waals surface area contributed by atoms with E-state index in [1.54, 1.807) is 30.4 Å². The Morgan fingerprint density at radius 3 is 3.00 bits per heavy atom. The molecule has 0 radical (unpaired) electrons. The summed E-state index contributed by atoms with van der Waals surface area (Å²) in [4.78, 5) is 8.14. The number of aromatic nitrogens is 2. The van der Waals surface area contributed by atoms with Crippen molar-refractivity contribution in [2.75, 3.05) is 19.4 Å². The van der Waals surface area contributed by atoms with Crippen LogP contribution in [-0.4, -0.2) is 40.5 Å². The first-order valence-corrected chi connectivity index (χ1v) is 5.52. The van der Waals surface area contributed by atoms with Gasteiger partial charge in [-0.15, -0.1) is 11.8 Å². The van der Waals surface area contributed by atoms with Gasteiger partial charge in [0.2, 0.25) is 0 Å². The number of hydrogen-bond acceptors (Lipinski definition) is 5. The molecule has 0 saturated carbocycles. The van der Waals surface area contributed by atoms with Gasteiger partial charge in [0.15, 0.2) is 0 Å². The smallest absolute Gasteiger partial charge is 0.114 e. The van der Waals surface area contributed by atoms with Gasteiger partial charge in [0, 0.05) is 30.8 Å². The summed E-state index contributed by atoms with van der Waals surface area (Å²) >= 11 is 1.65. The lowest BCUT2D eigenvalue weighted by Crippen LogP contribution is -2.28. The molecule has 14 heavy (non-hydrogen) atoms. The number of nitrogens with zero attached hydrogens (tertiary/aromatic N) is 2. The van der Waals surface area contributed by atoms with Gasteiger partial charge >= 0.3 is 0 Å². The largest absolute Gasteiger partial charge is 0.396 e. The number of nitrogens with one attached hydrogen (secondary N) is 1. The number of aliphatic hydroxyl groups excluding tert-OH is 1. The summed E-state index contributed by atoms with van der Waals surface area (Å²) in [5.74, 6) is 0.899. The molecular weight excluding hydrogens is 198 g/mol. The average molecular weight is 213 g/mol. The number of thioether (sulfide) groups is 1. The summed E-state index contributed by atoms with van der Waals surface area (Å²) < 4.78 is 0. The molecule has 0 aliphatic carbocycles. The van der Waals surface area contributed by atoms with Gasteiger partial charge in [-0.3, -0.25) is 4.98 Å². The van der Waals surface area contributed by atoms with Crippen LogP contribution in [0.3, 0.4) is 0 Å². The van der Waals surface area contributed by atoms with Gasteiger partial charge in [-0.25, -0.2) is 4.98 Å². The van der Waals surface area contributed by atoms with Gasteiger partial charge in [-0.1, -0.05) is 0 Å². The van der Waals surface area contributed by atoms with Crippen LogP contribution in [0.4, 0.5) is 0 Å². The molecule has 2 N–H and O–H groups in total. The first-order valence-electron chi connectivity index (χ1n) is 4.53. The highest BCUT2D eigenvalue weighted by atomic mass is 32.2. The predicted octanol–water partition coefficient (Wildman–Crippen LogP) is 0.539. The van der Waals surface area contributed by atoms with Crippen LogP contribution in [-0.2, 0) is 0 Å². The summed E-state index contributed by atoms with van der Waals surface area (Å²) in [5, 5.41) is 12.9. The zero-order valence-corrected chi connectivity index (χ0v) is 9.00. The first kappa shape index (κ1) is 11.4. The second-order valence-corrected chi connectivity index (χ2v) is 3.89. The molecule has 0 fully saturated rings. The van der Waals surface area contributed by atoms with Gasteiger partial charge in [-0.2, -0.15) is 0 Å². The Morgan fingerprint density at radius 2 is 2.43 bits per heavy atom. The van der Waals surface area contributed by atoms with Crippen molar-refractivity contribution < 1.29 is 5.11 Å². The molecule has 5 heteroatoms. The average Bonchev–Trinajstić information content (AvgIpc) is 2.25. The van der Waals surface area contributed by atoms with Crippen molar-refractivity contribution >= 4 is 11.8 Å². The quantitative estimate of drug-likeness (QED) is 0.675. The summed E-state index contributed by atoms with van der Waals surface area (Å²) in [6.07, 6.45) is 5.86. The fourth-order valence-electron chi connectivity index (χ4n) is 1.01. The minimum atomic E-state index is 0.215. The molecule has 0 aliphatic heterocycles. The summed E-state index contributed by atoms with van der Waals surface area (Å²) in [6.45, 7) is 0.215. The molecule has 1 aromatic rings. The van der Waals surface area contributed by atoms with Crippen LogP contribution in [0.15, 0.2) is 23.6 Å². The van der Waals surface area contributed by atoms with Crippen LogP contribution in [0, 0.1) is 0 Å². The van der Waals surface area contributed by atoms with Crippen LogP contribution < -0.4 is 5.32 Å². The van der Waals surface area contributed by atoms with E-state index in [0.717, 1.165) is 17.2 Å². The minimum absolute atomic E-state index is 0.215. The van der Waals surface area contributed by atoms with Crippen LogP contribution in [0.25, 0.3) is 0 Å². The van der Waals surface area contributed by atoms with Gasteiger partial charge in [-0.05, 0) is 13.5 Å². The molecular formula is C9H15N3OS. The number of aliphatic hydroxyl groups is 1. The maximum Gasteiger partial charge on any atom is 0.114 e. The van der Waals surface area contributed by atoms with Crippen molar-refractivity contribution in [3.8, 4) is 0 Å². The maximum absolute atomic E-state index is 8.79. The van der Waals surface area contributed by atoms with Crippen molar-refractivity contribution in [3.63, 3.8) is 0 Å². The van der Waals surface area contributed by atoms with Crippen molar-refractivity contribution in [1.29, 1.82) is 0 Å². The van der Waals surface area contributed by atoms with Gasteiger partial charge in [0.05, 0.1) is 6.20 Å². The van der Waals surface area contributed by atoms with Gasteiger partial charge in [0.25, 0.3) is 0 Å². The standard InChI is InChI=1S/C9H15N3OS/c1-10-8(2-5-13)7-14-9-6-11-3-4-12-9/h3-4,6,8,10,13H,2,5,7H2,1H3. The van der Waals surface area contributed by atoms with E-state index in [1.807, 2.05) is 7.05 Å². The number of rotatable bonds is 6. The van der Waals surface area contributed by atoms with E-state index in [1.165, 1.54) is 0 Å². The van der Waals surface area contributed by atoms with E-state index in [-0.39, 0.29) is 6.61 Å². The zero-order chi connectivity index (χ0) is 10.2. The summed E-state index contributed by atoms with van der Waals surface area (Å²) in [5.41, 5.74) is 0. The normalized spacial score (nSPS) is 12.7. The molecule has 0 spiro atoms. The highest BCUT2D eigenvalue weighted by Crippen LogP contribution is 2.14. The van der Waals surface area contributed by atoms with E-state index in [0.29, 0.717) is 6.04 Å². The van der Waals surface area contributed by atoms with Crippen LogP contribution >= 0.6 is 11.8 Å².